The monoisotopic (exact) mass is 277 g/mol. The van der Waals surface area contributed by atoms with Crippen molar-refractivity contribution in [3.05, 3.63) is 23.9 Å². The van der Waals surface area contributed by atoms with E-state index in [-0.39, 0.29) is 12.5 Å². The molecule has 1 atom stereocenters. The van der Waals surface area contributed by atoms with Gasteiger partial charge in [0.2, 0.25) is 5.88 Å². The number of pyridine rings is 1. The third-order valence-corrected chi connectivity index (χ3v) is 2.74. The quantitative estimate of drug-likeness (QED) is 0.592. The fourth-order valence-corrected chi connectivity index (χ4v) is 1.73. The van der Waals surface area contributed by atoms with Crippen LogP contribution in [0.1, 0.15) is 24.8 Å². The summed E-state index contributed by atoms with van der Waals surface area (Å²) in [6.07, 6.45) is -2.31. The summed E-state index contributed by atoms with van der Waals surface area (Å²) in [4.78, 5) is 4.03. The topological polar surface area (TPSA) is 60.2 Å². The maximum absolute atomic E-state index is 12.0. The van der Waals surface area contributed by atoms with Crippen LogP contribution in [0.4, 0.5) is 13.2 Å². The molecule has 1 aromatic rings. The van der Waals surface area contributed by atoms with Crippen molar-refractivity contribution in [3.63, 3.8) is 0 Å². The van der Waals surface area contributed by atoms with E-state index < -0.39 is 12.6 Å². The zero-order valence-corrected chi connectivity index (χ0v) is 10.7. The normalized spacial score (nSPS) is 13.3. The summed E-state index contributed by atoms with van der Waals surface area (Å²) in [6.45, 7) is 0. The Labute approximate surface area is 110 Å². The number of methoxy groups -OCH3 is 1. The molecule has 1 rings (SSSR count). The van der Waals surface area contributed by atoms with E-state index in [9.17, 15) is 13.2 Å². The second-order valence-corrected chi connectivity index (χ2v) is 4.28. The lowest BCUT2D eigenvalue weighted by Crippen LogP contribution is -2.37. The number of hydrogen-bond donors (Lipinski definition) is 2. The standard InChI is InChI=1S/C12H18F3N3O/c1-19-11-5-4-9(8-17-11)7-10(18-16)3-2-6-12(13,14)15/h4-5,8,10,18H,2-3,6-7,16H2,1H3. The fraction of sp³-hybridized carbons (Fsp3) is 0.583. The number of hydrazine groups is 1. The van der Waals surface area contributed by atoms with E-state index >= 15 is 0 Å². The van der Waals surface area contributed by atoms with Crippen LogP contribution in [0.3, 0.4) is 0 Å². The number of hydrogen-bond acceptors (Lipinski definition) is 4. The SMILES string of the molecule is COc1ccc(CC(CCCC(F)(F)F)NN)cn1. The third kappa shape index (κ3) is 6.40. The Balaban J connectivity index is 2.42. The predicted molar refractivity (Wildman–Crippen MR) is 65.5 cm³/mol. The van der Waals surface area contributed by atoms with Crippen LogP contribution in [0.2, 0.25) is 0 Å². The van der Waals surface area contributed by atoms with Crippen molar-refractivity contribution in [3.8, 4) is 5.88 Å². The van der Waals surface area contributed by atoms with E-state index in [1.54, 1.807) is 12.3 Å². The Morgan fingerprint density at radius 2 is 2.16 bits per heavy atom. The lowest BCUT2D eigenvalue weighted by Gasteiger charge is -2.16. The molecule has 0 aliphatic carbocycles. The number of nitrogens with two attached hydrogens (primary N) is 1. The molecular formula is C12H18F3N3O. The maximum atomic E-state index is 12.0. The molecule has 0 saturated heterocycles. The second-order valence-electron chi connectivity index (χ2n) is 4.28. The highest BCUT2D eigenvalue weighted by Gasteiger charge is 2.26. The third-order valence-electron chi connectivity index (χ3n) is 2.74. The van der Waals surface area contributed by atoms with Crippen molar-refractivity contribution in [2.24, 2.45) is 5.84 Å². The minimum Gasteiger partial charge on any atom is -0.481 e. The summed E-state index contributed by atoms with van der Waals surface area (Å²) in [6, 6.07) is 3.33. The van der Waals surface area contributed by atoms with Gasteiger partial charge in [-0.15, -0.1) is 0 Å². The zero-order chi connectivity index (χ0) is 14.3. The summed E-state index contributed by atoms with van der Waals surface area (Å²) >= 11 is 0. The van der Waals surface area contributed by atoms with Gasteiger partial charge < -0.3 is 4.74 Å². The van der Waals surface area contributed by atoms with E-state index in [0.29, 0.717) is 18.7 Å². The van der Waals surface area contributed by atoms with Crippen LogP contribution in [0, 0.1) is 0 Å². The summed E-state index contributed by atoms with van der Waals surface area (Å²) in [5, 5.41) is 0. The summed E-state index contributed by atoms with van der Waals surface area (Å²) in [7, 11) is 1.52. The van der Waals surface area contributed by atoms with Gasteiger partial charge in [-0.3, -0.25) is 11.3 Å². The van der Waals surface area contributed by atoms with E-state index in [2.05, 4.69) is 10.4 Å². The molecule has 0 bridgehead atoms. The number of rotatable bonds is 7. The Kier molecular flexibility index (Phi) is 6.04. The molecule has 0 saturated carbocycles. The van der Waals surface area contributed by atoms with Crippen molar-refractivity contribution in [1.82, 2.24) is 10.4 Å². The van der Waals surface area contributed by atoms with Crippen molar-refractivity contribution in [1.29, 1.82) is 0 Å². The maximum Gasteiger partial charge on any atom is 0.389 e. The lowest BCUT2D eigenvalue weighted by atomic mass is 10.0. The number of aromatic nitrogens is 1. The molecule has 108 valence electrons. The molecule has 7 heteroatoms. The highest BCUT2D eigenvalue weighted by Crippen LogP contribution is 2.23. The average molecular weight is 277 g/mol. The Hall–Kier alpha value is -1.34. The first-order valence-corrected chi connectivity index (χ1v) is 5.96. The first kappa shape index (κ1) is 15.7. The molecule has 0 aliphatic rings. The summed E-state index contributed by atoms with van der Waals surface area (Å²) < 4.78 is 41.1. The van der Waals surface area contributed by atoms with Gasteiger partial charge in [0.15, 0.2) is 0 Å². The lowest BCUT2D eigenvalue weighted by molar-refractivity contribution is -0.135. The van der Waals surface area contributed by atoms with Crippen molar-refractivity contribution in [2.75, 3.05) is 7.11 Å². The number of ether oxygens (including phenoxy) is 1. The van der Waals surface area contributed by atoms with Gasteiger partial charge in [0.25, 0.3) is 0 Å². The minimum absolute atomic E-state index is 0.0575. The van der Waals surface area contributed by atoms with Crippen LogP contribution in [0.5, 0.6) is 5.88 Å². The number of nitrogens with one attached hydrogen (secondary N) is 1. The van der Waals surface area contributed by atoms with Gasteiger partial charge in [0.1, 0.15) is 0 Å². The molecular weight excluding hydrogens is 259 g/mol. The van der Waals surface area contributed by atoms with Gasteiger partial charge in [0.05, 0.1) is 7.11 Å². The van der Waals surface area contributed by atoms with E-state index in [1.807, 2.05) is 6.07 Å². The number of halogens is 3. The molecule has 0 aliphatic heterocycles. The Morgan fingerprint density at radius 1 is 1.42 bits per heavy atom. The van der Waals surface area contributed by atoms with E-state index in [0.717, 1.165) is 5.56 Å². The van der Waals surface area contributed by atoms with Crippen LogP contribution in [0.25, 0.3) is 0 Å². The highest BCUT2D eigenvalue weighted by molar-refractivity contribution is 5.18. The number of alkyl halides is 3. The van der Waals surface area contributed by atoms with Crippen LogP contribution >= 0.6 is 0 Å². The molecule has 0 spiro atoms. The van der Waals surface area contributed by atoms with Crippen LogP contribution < -0.4 is 16.0 Å². The second kappa shape index (κ2) is 7.30. The molecule has 1 heterocycles. The summed E-state index contributed by atoms with van der Waals surface area (Å²) in [5.41, 5.74) is 3.44. The van der Waals surface area contributed by atoms with E-state index in [4.69, 9.17) is 10.6 Å². The number of nitrogens with zero attached hydrogens (tertiary/aromatic N) is 1. The average Bonchev–Trinajstić information content (AvgIpc) is 2.37. The van der Waals surface area contributed by atoms with Gasteiger partial charge in [-0.05, 0) is 24.8 Å². The molecule has 0 aromatic carbocycles. The molecule has 0 amide bonds. The summed E-state index contributed by atoms with van der Waals surface area (Å²) in [5.74, 6) is 5.85. The van der Waals surface area contributed by atoms with Gasteiger partial charge in [-0.25, -0.2) is 4.98 Å². The Bertz CT molecular complexity index is 367. The molecule has 0 radical (unpaired) electrons. The smallest absolute Gasteiger partial charge is 0.389 e. The van der Waals surface area contributed by atoms with Gasteiger partial charge >= 0.3 is 6.18 Å². The van der Waals surface area contributed by atoms with Crippen LogP contribution in [-0.4, -0.2) is 24.3 Å². The molecule has 0 fully saturated rings. The fourth-order valence-electron chi connectivity index (χ4n) is 1.73. The highest BCUT2D eigenvalue weighted by atomic mass is 19.4. The minimum atomic E-state index is -4.11. The molecule has 4 nitrogen and oxygen atoms in total. The molecule has 19 heavy (non-hydrogen) atoms. The molecule has 3 N–H and O–H groups in total. The van der Waals surface area contributed by atoms with Gasteiger partial charge in [-0.2, -0.15) is 13.2 Å². The largest absolute Gasteiger partial charge is 0.481 e. The predicted octanol–water partition coefficient (Wildman–Crippen LogP) is 2.20. The van der Waals surface area contributed by atoms with E-state index in [1.165, 1.54) is 7.11 Å². The van der Waals surface area contributed by atoms with Crippen LogP contribution in [0.15, 0.2) is 18.3 Å². The van der Waals surface area contributed by atoms with Crippen molar-refractivity contribution in [2.45, 2.75) is 37.9 Å². The first-order chi connectivity index (χ1) is 8.94. The van der Waals surface area contributed by atoms with Gasteiger partial charge in [0, 0.05) is 24.7 Å². The zero-order valence-electron chi connectivity index (χ0n) is 10.7. The Morgan fingerprint density at radius 3 is 2.63 bits per heavy atom. The van der Waals surface area contributed by atoms with Gasteiger partial charge in [-0.1, -0.05) is 6.07 Å². The van der Waals surface area contributed by atoms with Crippen molar-refractivity contribution < 1.29 is 17.9 Å². The van der Waals surface area contributed by atoms with Crippen molar-refractivity contribution >= 4 is 0 Å². The molecule has 1 unspecified atom stereocenters. The van der Waals surface area contributed by atoms with Crippen LogP contribution in [-0.2, 0) is 6.42 Å². The molecule has 1 aromatic heterocycles. The first-order valence-electron chi connectivity index (χ1n) is 5.96.